The van der Waals surface area contributed by atoms with E-state index in [0.717, 1.165) is 6.42 Å². The molecule has 0 fully saturated rings. The predicted molar refractivity (Wildman–Crippen MR) is 56.2 cm³/mol. The summed E-state index contributed by atoms with van der Waals surface area (Å²) in [7, 11) is 0. The summed E-state index contributed by atoms with van der Waals surface area (Å²) in [5, 5.41) is 0. The van der Waals surface area contributed by atoms with E-state index in [1.165, 1.54) is 0 Å². The largest absolute Gasteiger partial charge is 0.369 e. The van der Waals surface area contributed by atoms with Crippen molar-refractivity contribution in [3.8, 4) is 0 Å². The summed E-state index contributed by atoms with van der Waals surface area (Å²) in [4.78, 5) is 11.4. The van der Waals surface area contributed by atoms with Gasteiger partial charge in [-0.25, -0.2) is 0 Å². The van der Waals surface area contributed by atoms with E-state index in [9.17, 15) is 4.79 Å². The van der Waals surface area contributed by atoms with Crippen LogP contribution in [0.25, 0.3) is 0 Å². The molecule has 0 spiro atoms. The summed E-state index contributed by atoms with van der Waals surface area (Å²) in [6, 6.07) is 0. The molecule has 0 aliphatic rings. The lowest BCUT2D eigenvalue weighted by atomic mass is 9.63. The Morgan fingerprint density at radius 3 is 1.69 bits per heavy atom. The van der Waals surface area contributed by atoms with Crippen molar-refractivity contribution in [2.75, 3.05) is 0 Å². The topological polar surface area (TPSA) is 43.1 Å². The Morgan fingerprint density at radius 2 is 1.62 bits per heavy atom. The van der Waals surface area contributed by atoms with Crippen molar-refractivity contribution in [2.45, 2.75) is 48.0 Å². The fourth-order valence-electron chi connectivity index (χ4n) is 1.59. The molecule has 2 heteroatoms. The Hall–Kier alpha value is -0.530. The van der Waals surface area contributed by atoms with Crippen LogP contribution in [-0.2, 0) is 4.79 Å². The van der Waals surface area contributed by atoms with Crippen LogP contribution in [0.2, 0.25) is 0 Å². The van der Waals surface area contributed by atoms with E-state index >= 15 is 0 Å². The smallest absolute Gasteiger partial charge is 0.223 e. The lowest BCUT2D eigenvalue weighted by Crippen LogP contribution is -2.45. The van der Waals surface area contributed by atoms with Crippen molar-refractivity contribution in [3.05, 3.63) is 0 Å². The number of carbonyl (C=O) groups excluding carboxylic acids is 1. The number of carbonyl (C=O) groups is 1. The second-order valence-electron chi connectivity index (χ2n) is 5.54. The van der Waals surface area contributed by atoms with Crippen molar-refractivity contribution in [3.63, 3.8) is 0 Å². The van der Waals surface area contributed by atoms with Crippen molar-refractivity contribution < 1.29 is 4.79 Å². The summed E-state index contributed by atoms with van der Waals surface area (Å²) < 4.78 is 0. The number of hydrogen-bond acceptors (Lipinski definition) is 1. The molecule has 13 heavy (non-hydrogen) atoms. The van der Waals surface area contributed by atoms with Crippen LogP contribution in [0.1, 0.15) is 48.0 Å². The third-order valence-electron chi connectivity index (χ3n) is 3.02. The summed E-state index contributed by atoms with van der Waals surface area (Å²) in [5.74, 6) is 0.311. The molecular weight excluding hydrogens is 162 g/mol. The maximum atomic E-state index is 11.4. The Balaban J connectivity index is 4.85. The van der Waals surface area contributed by atoms with Gasteiger partial charge in [0.15, 0.2) is 0 Å². The number of nitrogens with two attached hydrogens (primary N) is 1. The SMILES string of the molecule is CC(C)CC(C)(C(N)=O)C(C)(C)C. The van der Waals surface area contributed by atoms with Crippen LogP contribution in [-0.4, -0.2) is 5.91 Å². The lowest BCUT2D eigenvalue weighted by molar-refractivity contribution is -0.134. The second kappa shape index (κ2) is 3.69. The highest BCUT2D eigenvalue weighted by Gasteiger charge is 2.42. The van der Waals surface area contributed by atoms with Crippen LogP contribution < -0.4 is 5.73 Å². The zero-order valence-corrected chi connectivity index (χ0v) is 9.77. The molecular formula is C11H23NO. The van der Waals surface area contributed by atoms with Gasteiger partial charge < -0.3 is 5.73 Å². The zero-order valence-electron chi connectivity index (χ0n) is 9.77. The highest BCUT2D eigenvalue weighted by Crippen LogP contribution is 2.42. The summed E-state index contributed by atoms with van der Waals surface area (Å²) in [6.45, 7) is 12.4. The Kier molecular flexibility index (Phi) is 3.54. The Labute approximate surface area is 81.9 Å². The Morgan fingerprint density at radius 1 is 1.23 bits per heavy atom. The maximum Gasteiger partial charge on any atom is 0.223 e. The van der Waals surface area contributed by atoms with Gasteiger partial charge in [0.25, 0.3) is 0 Å². The Bertz CT molecular complexity index is 191. The van der Waals surface area contributed by atoms with Gasteiger partial charge in [-0.05, 0) is 17.8 Å². The third-order valence-corrected chi connectivity index (χ3v) is 3.02. The van der Waals surface area contributed by atoms with Crippen molar-refractivity contribution in [2.24, 2.45) is 22.5 Å². The maximum absolute atomic E-state index is 11.4. The molecule has 1 amide bonds. The monoisotopic (exact) mass is 185 g/mol. The number of primary amides is 1. The van der Waals surface area contributed by atoms with Gasteiger partial charge in [0.2, 0.25) is 5.91 Å². The first-order chi connectivity index (χ1) is 5.61. The first kappa shape index (κ1) is 12.5. The highest BCUT2D eigenvalue weighted by molar-refractivity contribution is 5.81. The van der Waals surface area contributed by atoms with Gasteiger partial charge in [-0.1, -0.05) is 41.5 Å². The van der Waals surface area contributed by atoms with Crippen LogP contribution in [0.4, 0.5) is 0 Å². The van der Waals surface area contributed by atoms with E-state index in [1.54, 1.807) is 0 Å². The van der Waals surface area contributed by atoms with E-state index in [1.807, 2.05) is 6.92 Å². The van der Waals surface area contributed by atoms with E-state index in [0.29, 0.717) is 5.92 Å². The fraction of sp³-hybridized carbons (Fsp3) is 0.909. The molecule has 0 aliphatic carbocycles. The van der Waals surface area contributed by atoms with Gasteiger partial charge in [0, 0.05) is 0 Å². The minimum Gasteiger partial charge on any atom is -0.369 e. The lowest BCUT2D eigenvalue weighted by Gasteiger charge is -2.40. The van der Waals surface area contributed by atoms with Gasteiger partial charge in [0.1, 0.15) is 0 Å². The second-order valence-corrected chi connectivity index (χ2v) is 5.54. The predicted octanol–water partition coefficient (Wildman–Crippen LogP) is 2.57. The van der Waals surface area contributed by atoms with Gasteiger partial charge in [0.05, 0.1) is 5.41 Å². The van der Waals surface area contributed by atoms with E-state index < -0.39 is 5.41 Å². The summed E-state index contributed by atoms with van der Waals surface area (Å²) >= 11 is 0. The van der Waals surface area contributed by atoms with E-state index in [4.69, 9.17) is 5.73 Å². The first-order valence-electron chi connectivity index (χ1n) is 4.91. The average molecular weight is 185 g/mol. The molecule has 0 rings (SSSR count). The van der Waals surface area contributed by atoms with Crippen molar-refractivity contribution >= 4 is 5.91 Å². The standard InChI is InChI=1S/C11H23NO/c1-8(2)7-11(6,9(12)13)10(3,4)5/h8H,7H2,1-6H3,(H2,12,13). The molecule has 0 aliphatic heterocycles. The van der Waals surface area contributed by atoms with E-state index in [-0.39, 0.29) is 11.3 Å². The number of rotatable bonds is 3. The normalized spacial score (nSPS) is 17.2. The minimum absolute atomic E-state index is 0.0664. The van der Waals surface area contributed by atoms with Gasteiger partial charge in [-0.2, -0.15) is 0 Å². The molecule has 0 aromatic carbocycles. The molecule has 1 unspecified atom stereocenters. The van der Waals surface area contributed by atoms with Crippen LogP contribution >= 0.6 is 0 Å². The quantitative estimate of drug-likeness (QED) is 0.721. The van der Waals surface area contributed by atoms with Crippen LogP contribution in [0.5, 0.6) is 0 Å². The molecule has 0 bridgehead atoms. The number of amides is 1. The van der Waals surface area contributed by atoms with Crippen molar-refractivity contribution in [1.29, 1.82) is 0 Å². The van der Waals surface area contributed by atoms with Gasteiger partial charge in [-0.3, -0.25) is 4.79 Å². The molecule has 0 saturated carbocycles. The molecule has 0 aromatic rings. The highest BCUT2D eigenvalue weighted by atomic mass is 16.1. The molecule has 1 atom stereocenters. The molecule has 0 aromatic heterocycles. The molecule has 2 nitrogen and oxygen atoms in total. The van der Waals surface area contributed by atoms with Gasteiger partial charge in [-0.15, -0.1) is 0 Å². The first-order valence-corrected chi connectivity index (χ1v) is 4.91. The fourth-order valence-corrected chi connectivity index (χ4v) is 1.59. The number of hydrogen-bond donors (Lipinski definition) is 1. The average Bonchev–Trinajstić information content (AvgIpc) is 1.82. The van der Waals surface area contributed by atoms with Crippen LogP contribution in [0.3, 0.4) is 0 Å². The molecule has 2 N–H and O–H groups in total. The van der Waals surface area contributed by atoms with Crippen molar-refractivity contribution in [1.82, 2.24) is 0 Å². The van der Waals surface area contributed by atoms with Gasteiger partial charge >= 0.3 is 0 Å². The molecule has 0 radical (unpaired) electrons. The molecule has 0 saturated heterocycles. The van der Waals surface area contributed by atoms with E-state index in [2.05, 4.69) is 34.6 Å². The third kappa shape index (κ3) is 2.71. The molecule has 0 heterocycles. The van der Waals surface area contributed by atoms with Crippen LogP contribution in [0, 0.1) is 16.7 Å². The minimum atomic E-state index is -0.402. The molecule has 78 valence electrons. The summed E-state index contributed by atoms with van der Waals surface area (Å²) in [6.07, 6.45) is 0.853. The van der Waals surface area contributed by atoms with Crippen LogP contribution in [0.15, 0.2) is 0 Å². The summed E-state index contributed by atoms with van der Waals surface area (Å²) in [5.41, 5.74) is 5.00. The zero-order chi connectivity index (χ0) is 10.9.